The molecule has 2 aromatic rings. The van der Waals surface area contributed by atoms with E-state index < -0.39 is 0 Å². The maximum atomic E-state index is 12.8. The first-order chi connectivity index (χ1) is 12.2. The summed E-state index contributed by atoms with van der Waals surface area (Å²) in [5.41, 5.74) is 0.452. The third-order valence-electron chi connectivity index (χ3n) is 4.22. The first-order valence-electron chi connectivity index (χ1n) is 7.98. The van der Waals surface area contributed by atoms with E-state index in [9.17, 15) is 9.59 Å². The van der Waals surface area contributed by atoms with Crippen molar-refractivity contribution >= 4 is 11.8 Å². The number of benzene rings is 1. The molecule has 0 atom stereocenters. The summed E-state index contributed by atoms with van der Waals surface area (Å²) in [4.78, 5) is 28.5. The fourth-order valence-corrected chi connectivity index (χ4v) is 2.89. The Bertz CT molecular complexity index is 749. The Labute approximate surface area is 145 Å². The lowest BCUT2D eigenvalue weighted by Crippen LogP contribution is -2.50. The summed E-state index contributed by atoms with van der Waals surface area (Å²) in [7, 11) is 3.04. The Hall–Kier alpha value is -2.96. The topological polar surface area (TPSA) is 72.2 Å². The number of carbonyl (C=O) groups is 2. The summed E-state index contributed by atoms with van der Waals surface area (Å²) >= 11 is 0. The van der Waals surface area contributed by atoms with E-state index in [-0.39, 0.29) is 11.8 Å². The van der Waals surface area contributed by atoms with Gasteiger partial charge in [-0.3, -0.25) is 9.59 Å². The van der Waals surface area contributed by atoms with Crippen LogP contribution in [0.1, 0.15) is 20.9 Å². The van der Waals surface area contributed by atoms with Crippen LogP contribution < -0.4 is 9.47 Å². The zero-order valence-electron chi connectivity index (χ0n) is 14.2. The van der Waals surface area contributed by atoms with Crippen molar-refractivity contribution < 1.29 is 23.5 Å². The molecule has 1 aliphatic rings. The van der Waals surface area contributed by atoms with Crippen molar-refractivity contribution in [3.05, 3.63) is 47.9 Å². The third-order valence-corrected chi connectivity index (χ3v) is 4.22. The first kappa shape index (κ1) is 16.9. The Morgan fingerprint density at radius 3 is 2.16 bits per heavy atom. The number of carbonyl (C=O) groups excluding carboxylic acids is 2. The van der Waals surface area contributed by atoms with Crippen molar-refractivity contribution in [3.8, 4) is 11.5 Å². The highest BCUT2D eigenvalue weighted by atomic mass is 16.5. The molecule has 0 N–H and O–H groups in total. The molecule has 2 amide bonds. The van der Waals surface area contributed by atoms with E-state index in [1.807, 2.05) is 0 Å². The van der Waals surface area contributed by atoms with Gasteiger partial charge in [0.2, 0.25) is 0 Å². The van der Waals surface area contributed by atoms with Gasteiger partial charge in [0.15, 0.2) is 17.3 Å². The van der Waals surface area contributed by atoms with Crippen LogP contribution in [0.5, 0.6) is 11.5 Å². The highest BCUT2D eigenvalue weighted by Gasteiger charge is 2.28. The molecule has 1 aromatic carbocycles. The second-order valence-corrected chi connectivity index (χ2v) is 5.60. The molecule has 0 unspecified atom stereocenters. The normalized spacial score (nSPS) is 14.3. The van der Waals surface area contributed by atoms with Gasteiger partial charge in [-0.1, -0.05) is 6.07 Å². The maximum absolute atomic E-state index is 12.8. The van der Waals surface area contributed by atoms with Crippen molar-refractivity contribution in [2.45, 2.75) is 0 Å². The van der Waals surface area contributed by atoms with Crippen LogP contribution in [0, 0.1) is 0 Å². The molecular weight excluding hydrogens is 324 g/mol. The van der Waals surface area contributed by atoms with E-state index in [1.165, 1.54) is 20.5 Å². The number of piperazine rings is 1. The quantitative estimate of drug-likeness (QED) is 0.847. The fraction of sp³-hybridized carbons (Fsp3) is 0.333. The summed E-state index contributed by atoms with van der Waals surface area (Å²) in [6.07, 6.45) is 1.47. The predicted octanol–water partition coefficient (Wildman–Crippen LogP) is 1.89. The molecule has 1 saturated heterocycles. The Kier molecular flexibility index (Phi) is 4.92. The predicted molar refractivity (Wildman–Crippen MR) is 90.1 cm³/mol. The number of methoxy groups -OCH3 is 2. The molecule has 2 heterocycles. The molecule has 1 fully saturated rings. The van der Waals surface area contributed by atoms with Gasteiger partial charge in [0.05, 0.1) is 26.0 Å². The van der Waals surface area contributed by atoms with Crippen LogP contribution >= 0.6 is 0 Å². The van der Waals surface area contributed by atoms with Crippen LogP contribution in [0.25, 0.3) is 0 Å². The van der Waals surface area contributed by atoms with Gasteiger partial charge in [-0.15, -0.1) is 0 Å². The van der Waals surface area contributed by atoms with Crippen LogP contribution in [0.3, 0.4) is 0 Å². The SMILES string of the molecule is COc1cccc(C(=O)N2CCN(C(=O)c3ccco3)CC2)c1OC. The summed E-state index contributed by atoms with van der Waals surface area (Å²) in [6, 6.07) is 8.54. The van der Waals surface area contributed by atoms with Crippen molar-refractivity contribution in [1.29, 1.82) is 0 Å². The minimum absolute atomic E-state index is 0.138. The van der Waals surface area contributed by atoms with Crippen molar-refractivity contribution in [2.75, 3.05) is 40.4 Å². The van der Waals surface area contributed by atoms with Gasteiger partial charge in [-0.2, -0.15) is 0 Å². The minimum atomic E-state index is -0.156. The Morgan fingerprint density at radius 1 is 0.920 bits per heavy atom. The molecule has 7 nitrogen and oxygen atoms in total. The van der Waals surface area contributed by atoms with E-state index in [1.54, 1.807) is 40.1 Å². The number of hydrogen-bond acceptors (Lipinski definition) is 5. The highest BCUT2D eigenvalue weighted by Crippen LogP contribution is 2.31. The highest BCUT2D eigenvalue weighted by molar-refractivity contribution is 5.98. The van der Waals surface area contributed by atoms with E-state index in [0.717, 1.165) is 0 Å². The van der Waals surface area contributed by atoms with E-state index in [4.69, 9.17) is 13.9 Å². The monoisotopic (exact) mass is 344 g/mol. The van der Waals surface area contributed by atoms with Crippen LogP contribution in [0.4, 0.5) is 0 Å². The smallest absolute Gasteiger partial charge is 0.289 e. The zero-order valence-corrected chi connectivity index (χ0v) is 14.2. The second kappa shape index (κ2) is 7.29. The summed E-state index contributed by atoms with van der Waals surface area (Å²) in [5.74, 6) is 0.954. The number of hydrogen-bond donors (Lipinski definition) is 0. The number of para-hydroxylation sites is 1. The summed E-state index contributed by atoms with van der Waals surface area (Å²) < 4.78 is 15.7. The minimum Gasteiger partial charge on any atom is -0.493 e. The number of nitrogens with zero attached hydrogens (tertiary/aromatic N) is 2. The average Bonchev–Trinajstić information content (AvgIpc) is 3.21. The lowest BCUT2D eigenvalue weighted by Gasteiger charge is -2.34. The molecule has 0 radical (unpaired) electrons. The third kappa shape index (κ3) is 3.31. The largest absolute Gasteiger partial charge is 0.493 e. The summed E-state index contributed by atoms with van der Waals surface area (Å²) in [5, 5.41) is 0. The molecule has 0 aliphatic carbocycles. The fourth-order valence-electron chi connectivity index (χ4n) is 2.89. The molecule has 132 valence electrons. The average molecular weight is 344 g/mol. The number of amides is 2. The zero-order chi connectivity index (χ0) is 17.8. The molecule has 25 heavy (non-hydrogen) atoms. The van der Waals surface area contributed by atoms with E-state index in [2.05, 4.69) is 0 Å². The lowest BCUT2D eigenvalue weighted by molar-refractivity contribution is 0.0516. The molecule has 0 spiro atoms. The molecule has 0 saturated carbocycles. The van der Waals surface area contributed by atoms with Crippen LogP contribution in [0.15, 0.2) is 41.0 Å². The standard InChI is InChI=1S/C18H20N2O5/c1-23-14-6-3-5-13(16(14)24-2)17(21)19-8-10-20(11-9-19)18(22)15-7-4-12-25-15/h3-7,12H,8-11H2,1-2H3. The Morgan fingerprint density at radius 2 is 1.60 bits per heavy atom. The van der Waals surface area contributed by atoms with Gasteiger partial charge in [0.25, 0.3) is 11.8 Å². The van der Waals surface area contributed by atoms with E-state index >= 15 is 0 Å². The molecule has 0 bridgehead atoms. The van der Waals surface area contributed by atoms with Gasteiger partial charge < -0.3 is 23.7 Å². The van der Waals surface area contributed by atoms with Gasteiger partial charge in [-0.25, -0.2) is 0 Å². The van der Waals surface area contributed by atoms with Gasteiger partial charge in [0.1, 0.15) is 0 Å². The van der Waals surface area contributed by atoms with Gasteiger partial charge in [-0.05, 0) is 24.3 Å². The molecule has 7 heteroatoms. The van der Waals surface area contributed by atoms with Gasteiger partial charge in [0, 0.05) is 26.2 Å². The van der Waals surface area contributed by atoms with Crippen LogP contribution in [-0.4, -0.2) is 62.0 Å². The number of furan rings is 1. The molecule has 1 aliphatic heterocycles. The van der Waals surface area contributed by atoms with Crippen LogP contribution in [0.2, 0.25) is 0 Å². The van der Waals surface area contributed by atoms with Crippen molar-refractivity contribution in [1.82, 2.24) is 9.80 Å². The first-order valence-corrected chi connectivity index (χ1v) is 7.98. The summed E-state index contributed by atoms with van der Waals surface area (Å²) in [6.45, 7) is 1.81. The van der Waals surface area contributed by atoms with Crippen LogP contribution in [-0.2, 0) is 0 Å². The lowest BCUT2D eigenvalue weighted by atomic mass is 10.1. The molecule has 3 rings (SSSR count). The Balaban J connectivity index is 1.69. The molecular formula is C18H20N2O5. The molecule has 1 aromatic heterocycles. The van der Waals surface area contributed by atoms with Crippen molar-refractivity contribution in [3.63, 3.8) is 0 Å². The van der Waals surface area contributed by atoms with Crippen molar-refractivity contribution in [2.24, 2.45) is 0 Å². The van der Waals surface area contributed by atoms with Gasteiger partial charge >= 0.3 is 0 Å². The second-order valence-electron chi connectivity index (χ2n) is 5.60. The number of rotatable bonds is 4. The number of ether oxygens (including phenoxy) is 2. The maximum Gasteiger partial charge on any atom is 0.289 e. The van der Waals surface area contributed by atoms with E-state index in [0.29, 0.717) is 49.0 Å².